The van der Waals surface area contributed by atoms with Crippen molar-refractivity contribution in [3.8, 4) is 11.4 Å². The molecule has 1 aliphatic carbocycles. The molecule has 5 nitrogen and oxygen atoms in total. The first-order valence-electron chi connectivity index (χ1n) is 11.9. The zero-order valence-corrected chi connectivity index (χ0v) is 18.9. The van der Waals surface area contributed by atoms with Crippen LogP contribution in [0, 0.1) is 18.7 Å². The molecule has 33 heavy (non-hydrogen) atoms. The number of aromatic nitrogens is 1. The fourth-order valence-electron chi connectivity index (χ4n) is 5.83. The molecule has 1 saturated heterocycles. The van der Waals surface area contributed by atoms with Crippen molar-refractivity contribution in [3.63, 3.8) is 0 Å². The summed E-state index contributed by atoms with van der Waals surface area (Å²) in [6.45, 7) is 3.14. The number of halogens is 1. The maximum atomic E-state index is 14.1. The van der Waals surface area contributed by atoms with Gasteiger partial charge in [-0.1, -0.05) is 6.07 Å². The molecule has 1 aromatic heterocycles. The number of aromatic hydroxyl groups is 1. The number of phenolic OH excluding ortho intramolecular Hbond substituents is 1. The third-order valence-corrected chi connectivity index (χ3v) is 7.54. The fraction of sp³-hybridized carbons (Fsp3) is 0.444. The van der Waals surface area contributed by atoms with Crippen molar-refractivity contribution >= 4 is 16.9 Å². The molecule has 0 bridgehead atoms. The molecule has 2 aliphatic rings. The number of carbonyl (C=O) groups is 1. The van der Waals surface area contributed by atoms with Gasteiger partial charge in [-0.2, -0.15) is 0 Å². The van der Waals surface area contributed by atoms with Crippen LogP contribution in [0.25, 0.3) is 16.6 Å². The monoisotopic (exact) mass is 451 g/mol. The molecular formula is C27H30FNO4. The third-order valence-electron chi connectivity index (χ3n) is 7.54. The van der Waals surface area contributed by atoms with Crippen LogP contribution >= 0.6 is 0 Å². The molecule has 0 amide bonds. The average molecular weight is 452 g/mol. The van der Waals surface area contributed by atoms with Crippen LogP contribution in [0.2, 0.25) is 0 Å². The number of phenols is 1. The van der Waals surface area contributed by atoms with Crippen LogP contribution in [0.4, 0.5) is 4.39 Å². The van der Waals surface area contributed by atoms with E-state index in [4.69, 9.17) is 4.74 Å². The van der Waals surface area contributed by atoms with E-state index in [0.29, 0.717) is 31.6 Å². The predicted octanol–water partition coefficient (Wildman–Crippen LogP) is 6.04. The number of hydrogen-bond donors (Lipinski definition) is 2. The minimum Gasteiger partial charge on any atom is -0.507 e. The molecule has 5 rings (SSSR count). The second kappa shape index (κ2) is 8.82. The highest BCUT2D eigenvalue weighted by Gasteiger charge is 2.35. The van der Waals surface area contributed by atoms with Crippen molar-refractivity contribution in [1.29, 1.82) is 0 Å². The molecule has 1 aliphatic heterocycles. The number of aliphatic carboxylic acids is 1. The SMILES string of the molecule is Cc1cc(-n2c(C3CCOCC3)c(C3CCC(C(=O)O)CC3)c3c(O)cccc32)ccc1F. The first kappa shape index (κ1) is 22.0. The van der Waals surface area contributed by atoms with Crippen LogP contribution in [0.1, 0.15) is 67.2 Å². The van der Waals surface area contributed by atoms with Crippen LogP contribution in [0.3, 0.4) is 0 Å². The van der Waals surface area contributed by atoms with Gasteiger partial charge in [-0.3, -0.25) is 4.79 Å². The number of fused-ring (bicyclic) bond motifs is 1. The molecule has 3 aromatic rings. The van der Waals surface area contributed by atoms with Crippen molar-refractivity contribution in [2.45, 2.75) is 57.3 Å². The van der Waals surface area contributed by atoms with E-state index >= 15 is 0 Å². The highest BCUT2D eigenvalue weighted by Crippen LogP contribution is 2.48. The topological polar surface area (TPSA) is 71.7 Å². The highest BCUT2D eigenvalue weighted by molar-refractivity contribution is 5.93. The van der Waals surface area contributed by atoms with Gasteiger partial charge >= 0.3 is 5.97 Å². The predicted molar refractivity (Wildman–Crippen MR) is 125 cm³/mol. The third kappa shape index (κ3) is 3.90. The Morgan fingerprint density at radius 2 is 1.76 bits per heavy atom. The fourth-order valence-corrected chi connectivity index (χ4v) is 5.83. The van der Waals surface area contributed by atoms with Crippen molar-refractivity contribution < 1.29 is 24.1 Å². The Kier molecular flexibility index (Phi) is 5.87. The van der Waals surface area contributed by atoms with Gasteiger partial charge in [0, 0.05) is 35.9 Å². The molecule has 2 heterocycles. The van der Waals surface area contributed by atoms with Crippen molar-refractivity contribution in [1.82, 2.24) is 4.57 Å². The molecule has 1 saturated carbocycles. The lowest BCUT2D eigenvalue weighted by Crippen LogP contribution is -2.23. The summed E-state index contributed by atoms with van der Waals surface area (Å²) in [5.41, 5.74) is 4.69. The Bertz CT molecular complexity index is 1190. The minimum absolute atomic E-state index is 0.178. The first-order valence-corrected chi connectivity index (χ1v) is 11.9. The normalized spacial score (nSPS) is 22.0. The summed E-state index contributed by atoms with van der Waals surface area (Å²) in [7, 11) is 0. The van der Waals surface area contributed by atoms with E-state index in [-0.39, 0.29) is 29.3 Å². The molecular weight excluding hydrogens is 421 g/mol. The second-order valence-corrected chi connectivity index (χ2v) is 9.51. The molecule has 0 radical (unpaired) electrons. The quantitative estimate of drug-likeness (QED) is 0.508. The number of carboxylic acid groups (broad SMARTS) is 1. The molecule has 0 atom stereocenters. The summed E-state index contributed by atoms with van der Waals surface area (Å²) in [5.74, 6) is -0.577. The van der Waals surface area contributed by atoms with Crippen LogP contribution in [-0.4, -0.2) is 34.0 Å². The number of ether oxygens (including phenoxy) is 1. The molecule has 6 heteroatoms. The molecule has 0 spiro atoms. The van der Waals surface area contributed by atoms with Gasteiger partial charge in [0.15, 0.2) is 0 Å². The zero-order chi connectivity index (χ0) is 23.1. The van der Waals surface area contributed by atoms with E-state index in [1.165, 1.54) is 11.8 Å². The number of aryl methyl sites for hydroxylation is 1. The van der Waals surface area contributed by atoms with E-state index in [1.54, 1.807) is 19.1 Å². The van der Waals surface area contributed by atoms with E-state index < -0.39 is 5.97 Å². The molecule has 2 fully saturated rings. The van der Waals surface area contributed by atoms with Crippen LogP contribution < -0.4 is 0 Å². The second-order valence-electron chi connectivity index (χ2n) is 9.51. The van der Waals surface area contributed by atoms with Gasteiger partial charge in [-0.15, -0.1) is 0 Å². The summed E-state index contributed by atoms with van der Waals surface area (Å²) < 4.78 is 22.0. The lowest BCUT2D eigenvalue weighted by Gasteiger charge is -2.31. The summed E-state index contributed by atoms with van der Waals surface area (Å²) >= 11 is 0. The summed E-state index contributed by atoms with van der Waals surface area (Å²) in [5, 5.41) is 21.3. The van der Waals surface area contributed by atoms with Crippen LogP contribution in [0.5, 0.6) is 5.75 Å². The summed E-state index contributed by atoms with van der Waals surface area (Å²) in [6.07, 6.45) is 4.61. The number of benzene rings is 2. The number of rotatable bonds is 4. The smallest absolute Gasteiger partial charge is 0.306 e. The lowest BCUT2D eigenvalue weighted by molar-refractivity contribution is -0.142. The molecule has 2 aromatic carbocycles. The van der Waals surface area contributed by atoms with Gasteiger partial charge < -0.3 is 19.5 Å². The zero-order valence-electron chi connectivity index (χ0n) is 18.9. The number of carboxylic acids is 1. The van der Waals surface area contributed by atoms with Gasteiger partial charge in [0.1, 0.15) is 11.6 Å². The minimum atomic E-state index is -0.717. The molecule has 0 unspecified atom stereocenters. The Balaban J connectivity index is 1.74. The number of nitrogens with zero attached hydrogens (tertiary/aromatic N) is 1. The average Bonchev–Trinajstić information content (AvgIpc) is 3.18. The van der Waals surface area contributed by atoms with Crippen molar-refractivity contribution in [2.75, 3.05) is 13.2 Å². The van der Waals surface area contributed by atoms with Crippen molar-refractivity contribution in [3.05, 3.63) is 59.0 Å². The maximum Gasteiger partial charge on any atom is 0.306 e. The van der Waals surface area contributed by atoms with E-state index in [0.717, 1.165) is 47.8 Å². The Morgan fingerprint density at radius 3 is 2.42 bits per heavy atom. The van der Waals surface area contributed by atoms with E-state index in [9.17, 15) is 19.4 Å². The Hall–Kier alpha value is -2.86. The Morgan fingerprint density at radius 1 is 1.03 bits per heavy atom. The van der Waals surface area contributed by atoms with Crippen LogP contribution in [0.15, 0.2) is 36.4 Å². The molecule has 174 valence electrons. The number of hydrogen-bond acceptors (Lipinski definition) is 3. The largest absolute Gasteiger partial charge is 0.507 e. The van der Waals surface area contributed by atoms with Crippen molar-refractivity contribution in [2.24, 2.45) is 5.92 Å². The van der Waals surface area contributed by atoms with Gasteiger partial charge in [-0.25, -0.2) is 4.39 Å². The first-order chi connectivity index (χ1) is 16.0. The van der Waals surface area contributed by atoms with Gasteiger partial charge in [0.25, 0.3) is 0 Å². The molecule has 2 N–H and O–H groups in total. The van der Waals surface area contributed by atoms with E-state index in [2.05, 4.69) is 4.57 Å². The van der Waals surface area contributed by atoms with Gasteiger partial charge in [0.2, 0.25) is 0 Å². The van der Waals surface area contributed by atoms with E-state index in [1.807, 2.05) is 18.2 Å². The van der Waals surface area contributed by atoms with Crippen LogP contribution in [-0.2, 0) is 9.53 Å². The maximum absolute atomic E-state index is 14.1. The summed E-state index contributed by atoms with van der Waals surface area (Å²) in [6, 6.07) is 10.8. The Labute approximate surface area is 192 Å². The lowest BCUT2D eigenvalue weighted by atomic mass is 9.76. The van der Waals surface area contributed by atoms with Gasteiger partial charge in [-0.05, 0) is 92.8 Å². The standard InChI is InChI=1S/C27H30FNO4/c1-16-15-20(9-10-21(16)28)29-22-3-2-4-23(30)25(22)24(26(29)18-11-13-33-14-12-18)17-5-7-19(8-6-17)27(31)32/h2-4,9-10,15,17-19,30H,5-8,11-14H2,1H3,(H,31,32). The summed E-state index contributed by atoms with van der Waals surface area (Å²) in [4.78, 5) is 11.5. The highest BCUT2D eigenvalue weighted by atomic mass is 19.1. The van der Waals surface area contributed by atoms with Gasteiger partial charge in [0.05, 0.1) is 11.4 Å².